The van der Waals surface area contributed by atoms with E-state index in [0.29, 0.717) is 0 Å². The second-order valence-corrected chi connectivity index (χ2v) is 6.31. The molecule has 1 saturated heterocycles. The lowest BCUT2D eigenvalue weighted by Gasteiger charge is -2.47. The van der Waals surface area contributed by atoms with Crippen LogP contribution in [-0.4, -0.2) is 23.7 Å². The first-order valence-electron chi connectivity index (χ1n) is 8.03. The van der Waals surface area contributed by atoms with Crippen molar-refractivity contribution >= 4 is 11.6 Å². The molecule has 116 valence electrons. The maximum absolute atomic E-state index is 12.5. The fraction of sp³-hybridized carbons (Fsp3) is 0.611. The van der Waals surface area contributed by atoms with Crippen LogP contribution in [0.4, 0.5) is 5.69 Å². The van der Waals surface area contributed by atoms with Crippen LogP contribution in [0.15, 0.2) is 12.1 Å². The second-order valence-electron chi connectivity index (χ2n) is 6.31. The summed E-state index contributed by atoms with van der Waals surface area (Å²) in [6.45, 7) is 8.37. The lowest BCUT2D eigenvalue weighted by atomic mass is 9.82. The van der Waals surface area contributed by atoms with Gasteiger partial charge in [-0.3, -0.25) is 4.79 Å². The fourth-order valence-electron chi connectivity index (χ4n) is 3.57. The van der Waals surface area contributed by atoms with Crippen LogP contribution in [0.3, 0.4) is 0 Å². The van der Waals surface area contributed by atoms with Crippen LogP contribution in [0.1, 0.15) is 49.3 Å². The Morgan fingerprint density at radius 2 is 1.76 bits per heavy atom. The smallest absolute Gasteiger partial charge is 0.232 e. The van der Waals surface area contributed by atoms with Crippen molar-refractivity contribution in [2.45, 2.75) is 59.4 Å². The van der Waals surface area contributed by atoms with E-state index in [4.69, 9.17) is 0 Å². The lowest BCUT2D eigenvalue weighted by Crippen LogP contribution is -2.63. The molecule has 0 aromatic heterocycles. The summed E-state index contributed by atoms with van der Waals surface area (Å²) in [6, 6.07) is 4.16. The van der Waals surface area contributed by atoms with Gasteiger partial charge in [-0.1, -0.05) is 43.9 Å². The third-order valence-electron chi connectivity index (χ3n) is 4.53. The molecule has 0 unspecified atom stereocenters. The molecule has 0 bridgehead atoms. The Bertz CT molecular complexity index is 501. The molecular weight excluding hydrogens is 262 g/mol. The lowest BCUT2D eigenvalue weighted by molar-refractivity contribution is -0.131. The van der Waals surface area contributed by atoms with Gasteiger partial charge in [0.2, 0.25) is 5.91 Å². The fourth-order valence-corrected chi connectivity index (χ4v) is 3.57. The molecule has 0 radical (unpaired) electrons. The molecule has 2 rings (SSSR count). The molecular formula is C18H27NO2. The van der Waals surface area contributed by atoms with Crippen LogP contribution in [-0.2, 0) is 4.79 Å². The van der Waals surface area contributed by atoms with Crippen molar-refractivity contribution in [3.63, 3.8) is 0 Å². The number of amides is 1. The van der Waals surface area contributed by atoms with Crippen LogP contribution in [0.2, 0.25) is 0 Å². The molecule has 1 aliphatic rings. The SMILES string of the molecule is CCCCC[C@H]1C(=O)N(c2c(C)cc(C)cc2C)[C@H]1CO. The zero-order valence-electron chi connectivity index (χ0n) is 13.6. The van der Waals surface area contributed by atoms with E-state index in [2.05, 4.69) is 26.0 Å². The van der Waals surface area contributed by atoms with Gasteiger partial charge in [-0.15, -0.1) is 0 Å². The molecule has 1 aromatic carbocycles. The number of carbonyl (C=O) groups is 1. The Morgan fingerprint density at radius 3 is 2.29 bits per heavy atom. The summed E-state index contributed by atoms with van der Waals surface area (Å²) in [5.41, 5.74) is 4.44. The van der Waals surface area contributed by atoms with Crippen LogP contribution >= 0.6 is 0 Å². The van der Waals surface area contributed by atoms with Gasteiger partial charge in [0.15, 0.2) is 0 Å². The predicted octanol–water partition coefficient (Wildman–Crippen LogP) is 3.52. The summed E-state index contributed by atoms with van der Waals surface area (Å²) < 4.78 is 0. The molecule has 1 fully saturated rings. The number of hydrogen-bond acceptors (Lipinski definition) is 2. The summed E-state index contributed by atoms with van der Waals surface area (Å²) in [7, 11) is 0. The van der Waals surface area contributed by atoms with E-state index in [9.17, 15) is 9.90 Å². The van der Waals surface area contributed by atoms with E-state index in [1.54, 1.807) is 0 Å². The number of aliphatic hydroxyl groups excluding tert-OH is 1. The molecule has 1 amide bonds. The van der Waals surface area contributed by atoms with Gasteiger partial charge in [-0.25, -0.2) is 0 Å². The first kappa shape index (κ1) is 16.0. The van der Waals surface area contributed by atoms with E-state index in [1.165, 1.54) is 5.56 Å². The molecule has 3 nitrogen and oxygen atoms in total. The van der Waals surface area contributed by atoms with Gasteiger partial charge in [-0.05, 0) is 38.3 Å². The molecule has 0 saturated carbocycles. The first-order valence-corrected chi connectivity index (χ1v) is 8.03. The van der Waals surface area contributed by atoms with Crippen molar-refractivity contribution in [1.82, 2.24) is 0 Å². The van der Waals surface area contributed by atoms with Gasteiger partial charge >= 0.3 is 0 Å². The Hall–Kier alpha value is -1.35. The van der Waals surface area contributed by atoms with Crippen molar-refractivity contribution in [1.29, 1.82) is 0 Å². The quantitative estimate of drug-likeness (QED) is 0.643. The highest BCUT2D eigenvalue weighted by molar-refractivity contribution is 6.04. The van der Waals surface area contributed by atoms with E-state index < -0.39 is 0 Å². The highest BCUT2D eigenvalue weighted by atomic mass is 16.3. The van der Waals surface area contributed by atoms with Crippen molar-refractivity contribution in [3.05, 3.63) is 28.8 Å². The number of benzene rings is 1. The van der Waals surface area contributed by atoms with E-state index in [1.807, 2.05) is 18.7 Å². The molecule has 1 aromatic rings. The van der Waals surface area contributed by atoms with Crippen molar-refractivity contribution in [3.8, 4) is 0 Å². The Kier molecular flexibility index (Phi) is 5.04. The minimum atomic E-state index is -0.0468. The molecule has 3 heteroatoms. The summed E-state index contributed by atoms with van der Waals surface area (Å²) in [4.78, 5) is 14.4. The van der Waals surface area contributed by atoms with Crippen molar-refractivity contribution in [2.75, 3.05) is 11.5 Å². The molecule has 21 heavy (non-hydrogen) atoms. The Morgan fingerprint density at radius 1 is 1.14 bits per heavy atom. The van der Waals surface area contributed by atoms with Gasteiger partial charge < -0.3 is 10.0 Å². The highest BCUT2D eigenvalue weighted by Gasteiger charge is 2.47. The van der Waals surface area contributed by atoms with Gasteiger partial charge in [-0.2, -0.15) is 0 Å². The predicted molar refractivity (Wildman–Crippen MR) is 86.6 cm³/mol. The summed E-state index contributed by atoms with van der Waals surface area (Å²) in [5, 5.41) is 9.70. The number of aliphatic hydroxyl groups is 1. The zero-order valence-corrected chi connectivity index (χ0v) is 13.6. The average Bonchev–Trinajstić information content (AvgIpc) is 2.42. The zero-order chi connectivity index (χ0) is 15.6. The number of unbranched alkanes of at least 4 members (excludes halogenated alkanes) is 2. The molecule has 1 heterocycles. The molecule has 0 spiro atoms. The summed E-state index contributed by atoms with van der Waals surface area (Å²) >= 11 is 0. The molecule has 1 N–H and O–H groups in total. The number of nitrogens with zero attached hydrogens (tertiary/aromatic N) is 1. The largest absolute Gasteiger partial charge is 0.394 e. The van der Waals surface area contributed by atoms with Gasteiger partial charge in [0, 0.05) is 5.69 Å². The van der Waals surface area contributed by atoms with Gasteiger partial charge in [0.05, 0.1) is 18.6 Å². The van der Waals surface area contributed by atoms with Crippen LogP contribution in [0.5, 0.6) is 0 Å². The van der Waals surface area contributed by atoms with E-state index in [0.717, 1.165) is 42.5 Å². The number of rotatable bonds is 6. The topological polar surface area (TPSA) is 40.5 Å². The van der Waals surface area contributed by atoms with Crippen molar-refractivity contribution in [2.24, 2.45) is 5.92 Å². The Labute approximate surface area is 128 Å². The molecule has 1 aliphatic heterocycles. The standard InChI is InChI=1S/C18H27NO2/c1-5-6-7-8-15-16(11-20)19(18(15)21)17-13(3)9-12(2)10-14(17)4/h9-10,15-16,20H,5-8,11H2,1-4H3/t15-,16+/m1/s1. The summed E-state index contributed by atoms with van der Waals surface area (Å²) in [6.07, 6.45) is 4.29. The average molecular weight is 289 g/mol. The number of β-lactam (4-membered cyclic amide) rings is 1. The summed E-state index contributed by atoms with van der Waals surface area (Å²) in [5.74, 6) is 0.182. The van der Waals surface area contributed by atoms with Crippen LogP contribution in [0, 0.1) is 26.7 Å². The number of anilines is 1. The molecule has 0 aliphatic carbocycles. The number of aryl methyl sites for hydroxylation is 3. The van der Waals surface area contributed by atoms with E-state index >= 15 is 0 Å². The van der Waals surface area contributed by atoms with Crippen molar-refractivity contribution < 1.29 is 9.90 Å². The van der Waals surface area contributed by atoms with Gasteiger partial charge in [0.1, 0.15) is 0 Å². The highest BCUT2D eigenvalue weighted by Crippen LogP contribution is 2.39. The third kappa shape index (κ3) is 2.98. The maximum Gasteiger partial charge on any atom is 0.232 e. The monoisotopic (exact) mass is 289 g/mol. The third-order valence-corrected chi connectivity index (χ3v) is 4.53. The minimum absolute atomic E-state index is 0.00153. The first-order chi connectivity index (χ1) is 10.0. The van der Waals surface area contributed by atoms with E-state index in [-0.39, 0.29) is 24.5 Å². The molecule has 2 atom stereocenters. The Balaban J connectivity index is 2.20. The maximum atomic E-state index is 12.5. The second kappa shape index (κ2) is 6.61. The van der Waals surface area contributed by atoms with Gasteiger partial charge in [0.25, 0.3) is 0 Å². The minimum Gasteiger partial charge on any atom is -0.394 e. The normalized spacial score (nSPS) is 21.6. The van der Waals surface area contributed by atoms with Crippen LogP contribution < -0.4 is 4.90 Å². The number of carbonyl (C=O) groups excluding carboxylic acids is 1. The number of hydrogen-bond donors (Lipinski definition) is 1. The van der Waals surface area contributed by atoms with Crippen LogP contribution in [0.25, 0.3) is 0 Å².